The number of amides is 3. The first kappa shape index (κ1) is 26.2. The van der Waals surface area contributed by atoms with Gasteiger partial charge in [0, 0.05) is 38.3 Å². The SMILES string of the molecule is CC(C)(C)OC(=O)N1CCC(CC2CCN(c3ccc(NC4CCC(=O)NC4=O)cc3F)CC2)CC1. The molecule has 3 heterocycles. The molecule has 9 heteroatoms. The second-order valence-corrected chi connectivity index (χ2v) is 11.4. The quantitative estimate of drug-likeness (QED) is 0.584. The number of carbonyl (C=O) groups excluding carboxylic acids is 3. The number of rotatable bonds is 5. The third-order valence-electron chi connectivity index (χ3n) is 7.42. The first-order chi connectivity index (χ1) is 17.1. The van der Waals surface area contributed by atoms with E-state index in [-0.39, 0.29) is 30.1 Å². The standard InChI is InChI=1S/C27H39FN4O4/c1-27(2,3)36-26(35)32-14-10-19(11-15-32)16-18-8-12-31(13-9-18)23-6-4-20(17-21(23)28)29-22-5-7-24(33)30-25(22)34/h4,6,17-19,22,29H,5,7-16H2,1-3H3,(H,30,33,34). The van der Waals surface area contributed by atoms with E-state index in [1.807, 2.05) is 25.7 Å². The smallest absolute Gasteiger partial charge is 0.410 e. The van der Waals surface area contributed by atoms with Crippen molar-refractivity contribution in [3.63, 3.8) is 0 Å². The number of hydrogen-bond donors (Lipinski definition) is 2. The molecular formula is C27H39FN4O4. The van der Waals surface area contributed by atoms with Gasteiger partial charge >= 0.3 is 6.09 Å². The van der Waals surface area contributed by atoms with Crippen LogP contribution in [0.25, 0.3) is 0 Å². The molecule has 198 valence electrons. The number of nitrogens with zero attached hydrogens (tertiary/aromatic N) is 2. The molecule has 3 saturated heterocycles. The van der Waals surface area contributed by atoms with Crippen molar-refractivity contribution in [3.8, 4) is 0 Å². The van der Waals surface area contributed by atoms with Crippen LogP contribution in [0.3, 0.4) is 0 Å². The van der Waals surface area contributed by atoms with Gasteiger partial charge in [-0.15, -0.1) is 0 Å². The zero-order valence-electron chi connectivity index (χ0n) is 21.6. The van der Waals surface area contributed by atoms with Crippen molar-refractivity contribution in [1.29, 1.82) is 0 Å². The van der Waals surface area contributed by atoms with Crippen molar-refractivity contribution in [1.82, 2.24) is 10.2 Å². The van der Waals surface area contributed by atoms with Crippen LogP contribution in [0.4, 0.5) is 20.6 Å². The fourth-order valence-electron chi connectivity index (χ4n) is 5.44. The van der Waals surface area contributed by atoms with E-state index in [9.17, 15) is 18.8 Å². The average molecular weight is 503 g/mol. The maximum absolute atomic E-state index is 14.9. The number of imide groups is 1. The summed E-state index contributed by atoms with van der Waals surface area (Å²) >= 11 is 0. The Hall–Kier alpha value is -2.84. The summed E-state index contributed by atoms with van der Waals surface area (Å²) in [6.45, 7) is 8.82. The van der Waals surface area contributed by atoms with Gasteiger partial charge in [0.15, 0.2) is 0 Å². The lowest BCUT2D eigenvalue weighted by Gasteiger charge is -2.38. The van der Waals surface area contributed by atoms with Crippen LogP contribution in [-0.4, -0.2) is 60.6 Å². The molecule has 0 aromatic heterocycles. The van der Waals surface area contributed by atoms with Crippen molar-refractivity contribution in [2.45, 2.75) is 77.4 Å². The Morgan fingerprint density at radius 3 is 2.28 bits per heavy atom. The Bertz CT molecular complexity index is 963. The van der Waals surface area contributed by atoms with Gasteiger partial charge in [0.1, 0.15) is 17.5 Å². The second kappa shape index (κ2) is 11.0. The molecule has 3 aliphatic heterocycles. The summed E-state index contributed by atoms with van der Waals surface area (Å²) in [5, 5.41) is 5.35. The Labute approximate surface area is 212 Å². The van der Waals surface area contributed by atoms with E-state index in [0.29, 0.717) is 29.6 Å². The minimum absolute atomic E-state index is 0.213. The number of anilines is 2. The highest BCUT2D eigenvalue weighted by Crippen LogP contribution is 2.33. The summed E-state index contributed by atoms with van der Waals surface area (Å²) in [5.41, 5.74) is 0.664. The van der Waals surface area contributed by atoms with Gasteiger partial charge in [-0.2, -0.15) is 0 Å². The Morgan fingerprint density at radius 1 is 1.06 bits per heavy atom. The van der Waals surface area contributed by atoms with Gasteiger partial charge < -0.3 is 19.9 Å². The normalized spacial score (nSPS) is 22.4. The van der Waals surface area contributed by atoms with Crippen LogP contribution in [0.15, 0.2) is 18.2 Å². The molecule has 2 N–H and O–H groups in total. The molecule has 1 aromatic carbocycles. The van der Waals surface area contributed by atoms with Crippen LogP contribution in [-0.2, 0) is 14.3 Å². The summed E-state index contributed by atoms with van der Waals surface area (Å²) in [5.74, 6) is 0.299. The largest absolute Gasteiger partial charge is 0.444 e. The molecule has 4 rings (SSSR count). The van der Waals surface area contributed by atoms with E-state index in [1.165, 1.54) is 6.07 Å². The van der Waals surface area contributed by atoms with Gasteiger partial charge in [-0.3, -0.25) is 14.9 Å². The molecule has 0 aliphatic carbocycles. The second-order valence-electron chi connectivity index (χ2n) is 11.4. The van der Waals surface area contributed by atoms with E-state index >= 15 is 0 Å². The fourth-order valence-corrected chi connectivity index (χ4v) is 5.44. The summed E-state index contributed by atoms with van der Waals surface area (Å²) in [6, 6.07) is 4.48. The van der Waals surface area contributed by atoms with E-state index in [4.69, 9.17) is 4.74 Å². The highest BCUT2D eigenvalue weighted by atomic mass is 19.1. The molecule has 36 heavy (non-hydrogen) atoms. The Morgan fingerprint density at radius 2 is 1.69 bits per heavy atom. The predicted molar refractivity (Wildman–Crippen MR) is 136 cm³/mol. The van der Waals surface area contributed by atoms with Gasteiger partial charge in [-0.05, 0) is 89.3 Å². The lowest BCUT2D eigenvalue weighted by atomic mass is 9.83. The highest BCUT2D eigenvalue weighted by Gasteiger charge is 2.30. The van der Waals surface area contributed by atoms with Crippen LogP contribution in [0.1, 0.15) is 65.7 Å². The lowest BCUT2D eigenvalue weighted by molar-refractivity contribution is -0.133. The molecule has 1 aromatic rings. The summed E-state index contributed by atoms with van der Waals surface area (Å²) < 4.78 is 20.4. The van der Waals surface area contributed by atoms with Crippen molar-refractivity contribution in [2.24, 2.45) is 11.8 Å². The van der Waals surface area contributed by atoms with Crippen LogP contribution in [0.5, 0.6) is 0 Å². The fraction of sp³-hybridized carbons (Fsp3) is 0.667. The Balaban J connectivity index is 1.21. The van der Waals surface area contributed by atoms with Crippen molar-refractivity contribution >= 4 is 29.3 Å². The minimum atomic E-state index is -0.528. The molecule has 3 amide bonds. The molecule has 0 saturated carbocycles. The van der Waals surface area contributed by atoms with E-state index in [2.05, 4.69) is 15.5 Å². The zero-order chi connectivity index (χ0) is 25.9. The molecule has 0 bridgehead atoms. The van der Waals surface area contributed by atoms with E-state index in [1.54, 1.807) is 12.1 Å². The number of nitrogens with one attached hydrogen (secondary N) is 2. The van der Waals surface area contributed by atoms with Gasteiger partial charge in [-0.1, -0.05) is 0 Å². The number of hydrogen-bond acceptors (Lipinski definition) is 6. The molecular weight excluding hydrogens is 463 g/mol. The molecule has 3 aliphatic rings. The summed E-state index contributed by atoms with van der Waals surface area (Å²) in [7, 11) is 0. The zero-order valence-corrected chi connectivity index (χ0v) is 21.6. The molecule has 0 spiro atoms. The lowest BCUT2D eigenvalue weighted by Crippen LogP contribution is -2.47. The van der Waals surface area contributed by atoms with Crippen LogP contribution >= 0.6 is 0 Å². The van der Waals surface area contributed by atoms with Crippen molar-refractivity contribution in [2.75, 3.05) is 36.4 Å². The summed E-state index contributed by atoms with van der Waals surface area (Å²) in [4.78, 5) is 39.5. The minimum Gasteiger partial charge on any atom is -0.444 e. The molecule has 1 atom stereocenters. The molecule has 0 radical (unpaired) electrons. The third kappa shape index (κ3) is 6.89. The number of benzene rings is 1. The number of piperidine rings is 3. The van der Waals surface area contributed by atoms with Crippen LogP contribution in [0.2, 0.25) is 0 Å². The number of likely N-dealkylation sites (tertiary alicyclic amines) is 1. The maximum atomic E-state index is 14.9. The van der Waals surface area contributed by atoms with Crippen LogP contribution in [0, 0.1) is 17.7 Å². The third-order valence-corrected chi connectivity index (χ3v) is 7.42. The van der Waals surface area contributed by atoms with Gasteiger partial charge in [0.25, 0.3) is 0 Å². The summed E-state index contributed by atoms with van der Waals surface area (Å²) in [6.07, 6.45) is 5.71. The van der Waals surface area contributed by atoms with Gasteiger partial charge in [0.05, 0.1) is 5.69 Å². The van der Waals surface area contributed by atoms with E-state index in [0.717, 1.165) is 58.3 Å². The molecule has 8 nitrogen and oxygen atoms in total. The first-order valence-electron chi connectivity index (χ1n) is 13.2. The Kier molecular flexibility index (Phi) is 8.05. The van der Waals surface area contributed by atoms with Gasteiger partial charge in [-0.25, -0.2) is 9.18 Å². The number of halogens is 1. The molecule has 1 unspecified atom stereocenters. The number of carbonyl (C=O) groups is 3. The number of ether oxygens (including phenoxy) is 1. The topological polar surface area (TPSA) is 91.0 Å². The van der Waals surface area contributed by atoms with Crippen molar-refractivity contribution in [3.05, 3.63) is 24.0 Å². The predicted octanol–water partition coefficient (Wildman–Crippen LogP) is 4.30. The van der Waals surface area contributed by atoms with Crippen molar-refractivity contribution < 1.29 is 23.5 Å². The molecule has 3 fully saturated rings. The monoisotopic (exact) mass is 502 g/mol. The van der Waals surface area contributed by atoms with E-state index < -0.39 is 11.6 Å². The maximum Gasteiger partial charge on any atom is 0.410 e. The average Bonchev–Trinajstić information content (AvgIpc) is 2.81. The van der Waals surface area contributed by atoms with Crippen LogP contribution < -0.4 is 15.5 Å². The van der Waals surface area contributed by atoms with Gasteiger partial charge in [0.2, 0.25) is 11.8 Å². The highest BCUT2D eigenvalue weighted by molar-refractivity contribution is 6.01. The first-order valence-corrected chi connectivity index (χ1v) is 13.2.